The van der Waals surface area contributed by atoms with Gasteiger partial charge < -0.3 is 5.11 Å². The number of phenols is 1. The predicted molar refractivity (Wildman–Crippen MR) is 125 cm³/mol. The summed E-state index contributed by atoms with van der Waals surface area (Å²) in [4.78, 5) is 0. The second-order valence-electron chi connectivity index (χ2n) is 9.41. The Kier molecular flexibility index (Phi) is 5.87. The Morgan fingerprint density at radius 1 is 1.00 bits per heavy atom. The molecule has 0 fully saturated rings. The van der Waals surface area contributed by atoms with E-state index >= 15 is 0 Å². The highest BCUT2D eigenvalue weighted by atomic mass is 31.1. The third-order valence-electron chi connectivity index (χ3n) is 5.33. The van der Waals surface area contributed by atoms with Crippen LogP contribution >= 0.6 is 7.92 Å². The van der Waals surface area contributed by atoms with Crippen molar-refractivity contribution >= 4 is 18.5 Å². The molecule has 1 N–H and O–H groups in total. The van der Waals surface area contributed by atoms with Gasteiger partial charge in [0.2, 0.25) is 0 Å². The monoisotopic (exact) mass is 392 g/mol. The van der Waals surface area contributed by atoms with Gasteiger partial charge in [0, 0.05) is 16.0 Å². The maximum atomic E-state index is 11.5. The molecule has 0 bridgehead atoms. The molecule has 0 radical (unpaired) electrons. The van der Waals surface area contributed by atoms with Crippen LogP contribution in [-0.2, 0) is 5.41 Å². The number of aromatic hydroxyl groups is 1. The van der Waals surface area contributed by atoms with Crippen LogP contribution < -0.4 is 10.6 Å². The number of benzene rings is 2. The summed E-state index contributed by atoms with van der Waals surface area (Å²) in [6.45, 7) is 13.2. The summed E-state index contributed by atoms with van der Waals surface area (Å²) in [6.07, 6.45) is 10.2. The molecule has 2 aromatic carbocycles. The molecule has 0 spiro atoms. The highest BCUT2D eigenvalue weighted by Crippen LogP contribution is 2.56. The maximum absolute atomic E-state index is 11.5. The molecule has 28 heavy (non-hydrogen) atoms. The summed E-state index contributed by atoms with van der Waals surface area (Å²) in [6, 6.07) is 15.1. The zero-order valence-electron chi connectivity index (χ0n) is 18.0. The van der Waals surface area contributed by atoms with E-state index in [-0.39, 0.29) is 10.6 Å². The molecule has 1 nitrogen and oxygen atoms in total. The van der Waals surface area contributed by atoms with Crippen LogP contribution in [0.4, 0.5) is 0 Å². The standard InChI is InChI=1S/C26H33OP/c1-19(2)18-26(14-10-11-15-26)28(21-12-8-7-9-13-21)23-17-20(3)16-22(24(23)27)25(4,5)6/h7-17,19,27H,18H2,1-6H3. The fourth-order valence-electron chi connectivity index (χ4n) is 4.21. The second-order valence-corrected chi connectivity index (χ2v) is 11.9. The lowest BCUT2D eigenvalue weighted by atomic mass is 9.85. The lowest BCUT2D eigenvalue weighted by Gasteiger charge is -2.38. The van der Waals surface area contributed by atoms with Gasteiger partial charge in [-0.05, 0) is 49.5 Å². The fourth-order valence-corrected chi connectivity index (χ4v) is 7.57. The van der Waals surface area contributed by atoms with E-state index in [9.17, 15) is 5.11 Å². The Bertz CT molecular complexity index is 873. The van der Waals surface area contributed by atoms with Crippen LogP contribution in [-0.4, -0.2) is 10.3 Å². The lowest BCUT2D eigenvalue weighted by molar-refractivity contribution is 0.450. The SMILES string of the molecule is Cc1cc(P(c2ccccc2)C2(CC(C)C)C=CC=C2)c(O)c(C(C)(C)C)c1. The highest BCUT2D eigenvalue weighted by molar-refractivity contribution is 7.75. The summed E-state index contributed by atoms with van der Waals surface area (Å²) in [5.41, 5.74) is 2.15. The number of rotatable bonds is 5. The van der Waals surface area contributed by atoms with Crippen molar-refractivity contribution in [1.82, 2.24) is 0 Å². The first-order valence-corrected chi connectivity index (χ1v) is 11.5. The van der Waals surface area contributed by atoms with E-state index in [0.29, 0.717) is 11.7 Å². The molecule has 0 aliphatic heterocycles. The number of phenolic OH excluding ortho intramolecular Hbond substituents is 1. The summed E-state index contributed by atoms with van der Waals surface area (Å²) < 4.78 is 0. The van der Waals surface area contributed by atoms with Crippen LogP contribution in [0.2, 0.25) is 0 Å². The van der Waals surface area contributed by atoms with E-state index in [4.69, 9.17) is 0 Å². The first-order valence-electron chi connectivity index (χ1n) is 10.2. The van der Waals surface area contributed by atoms with Crippen LogP contribution in [0, 0.1) is 12.8 Å². The number of hydrogen-bond acceptors (Lipinski definition) is 1. The van der Waals surface area contributed by atoms with Crippen LogP contribution in [0.5, 0.6) is 5.75 Å². The molecular weight excluding hydrogens is 359 g/mol. The summed E-state index contributed by atoms with van der Waals surface area (Å²) in [5.74, 6) is 1.04. The smallest absolute Gasteiger partial charge is 0.127 e. The van der Waals surface area contributed by atoms with Gasteiger partial charge in [-0.25, -0.2) is 0 Å². The molecular formula is C26H33OP. The number of aryl methyl sites for hydroxylation is 1. The molecule has 0 amide bonds. The Hall–Kier alpha value is -1.85. The third-order valence-corrected chi connectivity index (χ3v) is 8.28. The third kappa shape index (κ3) is 4.11. The minimum atomic E-state index is -0.793. The van der Waals surface area contributed by atoms with Crippen molar-refractivity contribution in [1.29, 1.82) is 0 Å². The lowest BCUT2D eigenvalue weighted by Crippen LogP contribution is -2.33. The minimum Gasteiger partial charge on any atom is -0.507 e. The molecule has 2 aromatic rings. The van der Waals surface area contributed by atoms with E-state index in [1.165, 1.54) is 10.9 Å². The topological polar surface area (TPSA) is 20.2 Å². The van der Waals surface area contributed by atoms with Crippen molar-refractivity contribution in [2.75, 3.05) is 0 Å². The van der Waals surface area contributed by atoms with Crippen LogP contribution in [0.1, 0.15) is 52.2 Å². The molecule has 1 aliphatic rings. The predicted octanol–water partition coefficient (Wildman–Crippen LogP) is 6.34. The zero-order valence-corrected chi connectivity index (χ0v) is 18.9. The number of allylic oxidation sites excluding steroid dienone is 4. The fraction of sp³-hybridized carbons (Fsp3) is 0.385. The Morgan fingerprint density at radius 2 is 1.61 bits per heavy atom. The molecule has 3 rings (SSSR count). The second kappa shape index (κ2) is 7.88. The molecule has 148 valence electrons. The summed E-state index contributed by atoms with van der Waals surface area (Å²) >= 11 is 0. The average molecular weight is 393 g/mol. The Balaban J connectivity index is 2.29. The van der Waals surface area contributed by atoms with Crippen LogP contribution in [0.25, 0.3) is 0 Å². The van der Waals surface area contributed by atoms with Crippen LogP contribution in [0.3, 0.4) is 0 Å². The van der Waals surface area contributed by atoms with Gasteiger partial charge in [0.25, 0.3) is 0 Å². The quantitative estimate of drug-likeness (QED) is 0.589. The largest absolute Gasteiger partial charge is 0.507 e. The van der Waals surface area contributed by atoms with Gasteiger partial charge >= 0.3 is 0 Å². The van der Waals surface area contributed by atoms with E-state index in [0.717, 1.165) is 17.3 Å². The highest BCUT2D eigenvalue weighted by Gasteiger charge is 2.40. The van der Waals surface area contributed by atoms with E-state index < -0.39 is 7.92 Å². The Labute approximate surface area is 172 Å². The van der Waals surface area contributed by atoms with Crippen molar-refractivity contribution in [3.05, 3.63) is 77.9 Å². The van der Waals surface area contributed by atoms with Gasteiger partial charge in [-0.15, -0.1) is 0 Å². The normalized spacial score (nSPS) is 16.7. The van der Waals surface area contributed by atoms with Crippen molar-refractivity contribution in [2.45, 2.75) is 58.5 Å². The molecule has 1 atom stereocenters. The minimum absolute atomic E-state index is 0.0642. The van der Waals surface area contributed by atoms with Gasteiger partial charge in [0.05, 0.1) is 0 Å². The number of hydrogen-bond donors (Lipinski definition) is 1. The van der Waals surface area contributed by atoms with Crippen molar-refractivity contribution in [3.63, 3.8) is 0 Å². The van der Waals surface area contributed by atoms with Crippen molar-refractivity contribution in [3.8, 4) is 5.75 Å². The molecule has 0 aromatic heterocycles. The zero-order chi connectivity index (χ0) is 20.5. The van der Waals surface area contributed by atoms with Gasteiger partial charge in [-0.2, -0.15) is 0 Å². The molecule has 0 saturated carbocycles. The van der Waals surface area contributed by atoms with Crippen molar-refractivity contribution < 1.29 is 5.11 Å². The van der Waals surface area contributed by atoms with Gasteiger partial charge in [0.15, 0.2) is 0 Å². The summed E-state index contributed by atoms with van der Waals surface area (Å²) in [7, 11) is -0.793. The molecule has 0 saturated heterocycles. The van der Waals surface area contributed by atoms with Gasteiger partial charge in [0.1, 0.15) is 5.75 Å². The van der Waals surface area contributed by atoms with Gasteiger partial charge in [-0.3, -0.25) is 0 Å². The molecule has 2 heteroatoms. The molecule has 0 heterocycles. The molecule has 1 unspecified atom stereocenters. The maximum Gasteiger partial charge on any atom is 0.127 e. The van der Waals surface area contributed by atoms with Gasteiger partial charge in [-0.1, -0.05) is 95.3 Å². The first kappa shape index (κ1) is 20.9. The summed E-state index contributed by atoms with van der Waals surface area (Å²) in [5, 5.41) is 13.8. The average Bonchev–Trinajstić information content (AvgIpc) is 3.06. The van der Waals surface area contributed by atoms with Crippen LogP contribution in [0.15, 0.2) is 66.8 Å². The first-order chi connectivity index (χ1) is 13.1. The van der Waals surface area contributed by atoms with E-state index in [1.54, 1.807) is 0 Å². The van der Waals surface area contributed by atoms with Crippen molar-refractivity contribution in [2.24, 2.45) is 5.92 Å². The van der Waals surface area contributed by atoms with E-state index in [1.807, 2.05) is 0 Å². The van der Waals surface area contributed by atoms with E-state index in [2.05, 4.69) is 108 Å². The Morgan fingerprint density at radius 3 is 2.14 bits per heavy atom. The molecule has 1 aliphatic carbocycles.